The molecule has 2 aromatic carbocycles. The Balaban J connectivity index is 2.05. The van der Waals surface area contributed by atoms with Gasteiger partial charge in [-0.3, -0.25) is 0 Å². The van der Waals surface area contributed by atoms with Gasteiger partial charge in [0.05, 0.1) is 11.6 Å². The van der Waals surface area contributed by atoms with Crippen molar-refractivity contribution in [3.8, 4) is 6.07 Å². The first-order chi connectivity index (χ1) is 8.28. The number of hydrogen-bond acceptors (Lipinski definition) is 2. The molecule has 0 N–H and O–H groups in total. The highest BCUT2D eigenvalue weighted by atomic mass is 79.9. The van der Waals surface area contributed by atoms with E-state index in [4.69, 9.17) is 5.26 Å². The van der Waals surface area contributed by atoms with Crippen molar-refractivity contribution < 1.29 is 0 Å². The third kappa shape index (κ3) is 3.62. The number of nitrogens with zero attached hydrogens (tertiary/aromatic N) is 1. The van der Waals surface area contributed by atoms with Gasteiger partial charge >= 0.3 is 0 Å². The first-order valence-corrected chi connectivity index (χ1v) is 6.93. The van der Waals surface area contributed by atoms with Crippen LogP contribution in [-0.2, 0) is 5.75 Å². The second-order valence-corrected chi connectivity index (χ2v) is 5.52. The summed E-state index contributed by atoms with van der Waals surface area (Å²) < 4.78 is 1.09. The summed E-state index contributed by atoms with van der Waals surface area (Å²) in [5.41, 5.74) is 1.89. The van der Waals surface area contributed by atoms with Gasteiger partial charge in [-0.25, -0.2) is 0 Å². The molecule has 1 nitrogen and oxygen atoms in total. The minimum Gasteiger partial charge on any atom is -0.192 e. The van der Waals surface area contributed by atoms with Crippen molar-refractivity contribution in [2.75, 3.05) is 0 Å². The fourth-order valence-corrected chi connectivity index (χ4v) is 2.90. The predicted molar refractivity (Wildman–Crippen MR) is 74.9 cm³/mol. The SMILES string of the molecule is N#Cc1cccc(CSc2cccc(Br)c2)c1. The molecule has 0 saturated heterocycles. The quantitative estimate of drug-likeness (QED) is 0.773. The highest BCUT2D eigenvalue weighted by molar-refractivity contribution is 9.10. The average Bonchev–Trinajstić information content (AvgIpc) is 2.37. The lowest BCUT2D eigenvalue weighted by molar-refractivity contribution is 1.36. The zero-order valence-electron chi connectivity index (χ0n) is 9.06. The molecule has 0 amide bonds. The summed E-state index contributed by atoms with van der Waals surface area (Å²) in [6.07, 6.45) is 0. The zero-order chi connectivity index (χ0) is 12.1. The summed E-state index contributed by atoms with van der Waals surface area (Å²) in [5.74, 6) is 0.881. The standard InChI is InChI=1S/C14H10BrNS/c15-13-5-2-6-14(8-13)17-10-12-4-1-3-11(7-12)9-16/h1-8H,10H2. The largest absolute Gasteiger partial charge is 0.192 e. The van der Waals surface area contributed by atoms with E-state index in [1.54, 1.807) is 11.8 Å². The van der Waals surface area contributed by atoms with E-state index in [0.717, 1.165) is 15.8 Å². The van der Waals surface area contributed by atoms with Gasteiger partial charge in [0.15, 0.2) is 0 Å². The number of rotatable bonds is 3. The molecule has 0 spiro atoms. The van der Waals surface area contributed by atoms with Crippen molar-refractivity contribution in [2.45, 2.75) is 10.6 Å². The van der Waals surface area contributed by atoms with E-state index in [9.17, 15) is 0 Å². The minimum absolute atomic E-state index is 0.720. The van der Waals surface area contributed by atoms with E-state index in [1.165, 1.54) is 10.5 Å². The molecule has 0 heterocycles. The van der Waals surface area contributed by atoms with Crippen LogP contribution in [0.4, 0.5) is 0 Å². The molecule has 3 heteroatoms. The van der Waals surface area contributed by atoms with Gasteiger partial charge in [0.25, 0.3) is 0 Å². The van der Waals surface area contributed by atoms with Crippen LogP contribution in [0.3, 0.4) is 0 Å². The molecule has 84 valence electrons. The molecule has 0 aliphatic rings. The van der Waals surface area contributed by atoms with Crippen LogP contribution in [0.25, 0.3) is 0 Å². The molecule has 0 aromatic heterocycles. The lowest BCUT2D eigenvalue weighted by Crippen LogP contribution is -1.82. The molecule has 17 heavy (non-hydrogen) atoms. The molecule has 0 aliphatic heterocycles. The average molecular weight is 304 g/mol. The van der Waals surface area contributed by atoms with E-state index in [2.05, 4.69) is 34.1 Å². The van der Waals surface area contributed by atoms with Crippen molar-refractivity contribution in [2.24, 2.45) is 0 Å². The second kappa shape index (κ2) is 5.90. The van der Waals surface area contributed by atoms with Gasteiger partial charge in [-0.1, -0.05) is 34.1 Å². The van der Waals surface area contributed by atoms with Crippen molar-refractivity contribution in [1.29, 1.82) is 5.26 Å². The third-order valence-electron chi connectivity index (χ3n) is 2.26. The number of hydrogen-bond donors (Lipinski definition) is 0. The Bertz CT molecular complexity index is 560. The van der Waals surface area contributed by atoms with Gasteiger partial charge in [0, 0.05) is 15.1 Å². The van der Waals surface area contributed by atoms with Gasteiger partial charge in [-0.05, 0) is 35.9 Å². The maximum Gasteiger partial charge on any atom is 0.0991 e. The Kier molecular flexibility index (Phi) is 4.24. The third-order valence-corrected chi connectivity index (χ3v) is 3.82. The lowest BCUT2D eigenvalue weighted by atomic mass is 10.2. The van der Waals surface area contributed by atoms with Crippen LogP contribution in [-0.4, -0.2) is 0 Å². The molecule has 2 aromatic rings. The monoisotopic (exact) mass is 303 g/mol. The summed E-state index contributed by atoms with van der Waals surface area (Å²) in [6, 6.07) is 18.1. The Morgan fingerprint density at radius 3 is 2.71 bits per heavy atom. The Morgan fingerprint density at radius 1 is 1.12 bits per heavy atom. The molecule has 2 rings (SSSR count). The maximum absolute atomic E-state index is 8.82. The number of benzene rings is 2. The first kappa shape index (κ1) is 12.2. The van der Waals surface area contributed by atoms with Gasteiger partial charge in [-0.2, -0.15) is 5.26 Å². The van der Waals surface area contributed by atoms with E-state index >= 15 is 0 Å². The van der Waals surface area contributed by atoms with Crippen molar-refractivity contribution in [3.05, 3.63) is 64.1 Å². The number of nitriles is 1. The Labute approximate surface area is 114 Å². The fourth-order valence-electron chi connectivity index (χ4n) is 1.45. The second-order valence-electron chi connectivity index (χ2n) is 3.56. The molecule has 0 fully saturated rings. The van der Waals surface area contributed by atoms with Crippen molar-refractivity contribution in [1.82, 2.24) is 0 Å². The molecule has 0 bridgehead atoms. The highest BCUT2D eigenvalue weighted by Gasteiger charge is 1.98. The minimum atomic E-state index is 0.720. The van der Waals surface area contributed by atoms with Gasteiger partial charge < -0.3 is 0 Å². The van der Waals surface area contributed by atoms with Crippen LogP contribution in [0.2, 0.25) is 0 Å². The molecular weight excluding hydrogens is 294 g/mol. The van der Waals surface area contributed by atoms with Crippen LogP contribution in [0.5, 0.6) is 0 Å². The van der Waals surface area contributed by atoms with Crippen LogP contribution in [0.1, 0.15) is 11.1 Å². The van der Waals surface area contributed by atoms with Crippen LogP contribution < -0.4 is 0 Å². The maximum atomic E-state index is 8.82. The van der Waals surface area contributed by atoms with Crippen molar-refractivity contribution in [3.63, 3.8) is 0 Å². The molecule has 0 atom stereocenters. The van der Waals surface area contributed by atoms with Gasteiger partial charge in [0.1, 0.15) is 0 Å². The number of thioether (sulfide) groups is 1. The summed E-state index contributed by atoms with van der Waals surface area (Å²) in [6.45, 7) is 0. The van der Waals surface area contributed by atoms with Crippen LogP contribution in [0, 0.1) is 11.3 Å². The van der Waals surface area contributed by atoms with E-state index in [-0.39, 0.29) is 0 Å². The lowest BCUT2D eigenvalue weighted by Gasteiger charge is -2.03. The van der Waals surface area contributed by atoms with E-state index in [1.807, 2.05) is 36.4 Å². The zero-order valence-corrected chi connectivity index (χ0v) is 11.5. The van der Waals surface area contributed by atoms with Crippen LogP contribution in [0.15, 0.2) is 57.9 Å². The summed E-state index contributed by atoms with van der Waals surface area (Å²) in [5, 5.41) is 8.82. The molecular formula is C14H10BrNS. The van der Waals surface area contributed by atoms with Gasteiger partial charge in [-0.15, -0.1) is 11.8 Å². The Hall–Kier alpha value is -1.24. The fraction of sp³-hybridized carbons (Fsp3) is 0.0714. The molecule has 0 unspecified atom stereocenters. The van der Waals surface area contributed by atoms with Crippen molar-refractivity contribution >= 4 is 27.7 Å². The summed E-state index contributed by atoms with van der Waals surface area (Å²) in [7, 11) is 0. The number of halogens is 1. The molecule has 0 aliphatic carbocycles. The van der Waals surface area contributed by atoms with E-state index < -0.39 is 0 Å². The highest BCUT2D eigenvalue weighted by Crippen LogP contribution is 2.25. The molecule has 0 saturated carbocycles. The smallest absolute Gasteiger partial charge is 0.0991 e. The Morgan fingerprint density at radius 2 is 1.94 bits per heavy atom. The van der Waals surface area contributed by atoms with Crippen LogP contribution >= 0.6 is 27.7 Å². The topological polar surface area (TPSA) is 23.8 Å². The summed E-state index contributed by atoms with van der Waals surface area (Å²) in [4.78, 5) is 1.22. The van der Waals surface area contributed by atoms with E-state index in [0.29, 0.717) is 0 Å². The van der Waals surface area contributed by atoms with Gasteiger partial charge in [0.2, 0.25) is 0 Å². The first-order valence-electron chi connectivity index (χ1n) is 5.15. The normalized spacial score (nSPS) is 9.88. The predicted octanol–water partition coefficient (Wildman–Crippen LogP) is 4.61. The summed E-state index contributed by atoms with van der Waals surface area (Å²) >= 11 is 5.22. The molecule has 0 radical (unpaired) electrons.